The first kappa shape index (κ1) is 23.5. The molecule has 1 amide bonds. The van der Waals surface area contributed by atoms with Crippen LogP contribution in [0.15, 0.2) is 30.3 Å². The van der Waals surface area contributed by atoms with Crippen molar-refractivity contribution < 1.29 is 13.2 Å². The average molecular weight is 447 g/mol. The molecular formula is C23H34N4O3S. The van der Waals surface area contributed by atoms with E-state index >= 15 is 0 Å². The van der Waals surface area contributed by atoms with Crippen molar-refractivity contribution in [3.63, 3.8) is 0 Å². The minimum atomic E-state index is -3.13. The van der Waals surface area contributed by atoms with Gasteiger partial charge in [0.15, 0.2) is 0 Å². The van der Waals surface area contributed by atoms with Crippen LogP contribution in [-0.4, -0.2) is 54.9 Å². The number of piperidine rings is 1. The summed E-state index contributed by atoms with van der Waals surface area (Å²) in [4.78, 5) is 14.6. The summed E-state index contributed by atoms with van der Waals surface area (Å²) < 4.78 is 26.7. The molecule has 0 spiro atoms. The van der Waals surface area contributed by atoms with E-state index in [1.54, 1.807) is 0 Å². The number of carbonyl (C=O) groups is 1. The smallest absolute Gasteiger partial charge is 0.224 e. The third-order valence-corrected chi connectivity index (χ3v) is 6.66. The minimum Gasteiger partial charge on any atom is -0.343 e. The molecule has 8 heteroatoms. The van der Waals surface area contributed by atoms with Crippen molar-refractivity contribution >= 4 is 15.9 Å². The Morgan fingerprint density at radius 3 is 2.35 bits per heavy atom. The van der Waals surface area contributed by atoms with Gasteiger partial charge in [0.25, 0.3) is 0 Å². The van der Waals surface area contributed by atoms with E-state index in [1.165, 1.54) is 11.8 Å². The molecule has 0 radical (unpaired) electrons. The van der Waals surface area contributed by atoms with Crippen LogP contribution in [0.2, 0.25) is 0 Å². The highest BCUT2D eigenvalue weighted by Gasteiger charge is 2.23. The van der Waals surface area contributed by atoms with Crippen LogP contribution in [0, 0.1) is 19.8 Å². The Morgan fingerprint density at radius 2 is 1.77 bits per heavy atom. The van der Waals surface area contributed by atoms with Gasteiger partial charge in [0, 0.05) is 38.3 Å². The molecular weight excluding hydrogens is 412 g/mol. The number of benzene rings is 1. The van der Waals surface area contributed by atoms with Gasteiger partial charge in [-0.2, -0.15) is 5.10 Å². The Bertz CT molecular complexity index is 975. The number of amides is 1. The number of aryl methyl sites for hydroxylation is 3. The Balaban J connectivity index is 1.39. The fraction of sp³-hybridized carbons (Fsp3) is 0.565. The average Bonchev–Trinajstić information content (AvgIpc) is 3.04. The van der Waals surface area contributed by atoms with E-state index in [2.05, 4.69) is 34.1 Å². The van der Waals surface area contributed by atoms with Gasteiger partial charge in [-0.1, -0.05) is 24.3 Å². The van der Waals surface area contributed by atoms with Gasteiger partial charge < -0.3 is 4.90 Å². The van der Waals surface area contributed by atoms with E-state index in [0.29, 0.717) is 31.8 Å². The second-order valence-corrected chi connectivity index (χ2v) is 10.5. The van der Waals surface area contributed by atoms with Crippen molar-refractivity contribution in [3.05, 3.63) is 52.8 Å². The molecule has 2 aromatic rings. The molecule has 1 N–H and O–H groups in total. The van der Waals surface area contributed by atoms with E-state index in [4.69, 9.17) is 0 Å². The van der Waals surface area contributed by atoms with Gasteiger partial charge in [0.05, 0.1) is 11.9 Å². The molecule has 1 aliphatic heterocycles. The lowest BCUT2D eigenvalue weighted by atomic mass is 9.89. The van der Waals surface area contributed by atoms with Crippen LogP contribution in [0.3, 0.4) is 0 Å². The third kappa shape index (κ3) is 7.47. The van der Waals surface area contributed by atoms with Gasteiger partial charge in [-0.05, 0) is 62.6 Å². The highest BCUT2D eigenvalue weighted by Crippen LogP contribution is 2.22. The molecule has 0 unspecified atom stereocenters. The van der Waals surface area contributed by atoms with E-state index in [0.717, 1.165) is 49.3 Å². The number of aromatic nitrogens is 2. The number of rotatable bonds is 9. The highest BCUT2D eigenvalue weighted by molar-refractivity contribution is 7.88. The highest BCUT2D eigenvalue weighted by atomic mass is 32.2. The maximum absolute atomic E-state index is 12.6. The van der Waals surface area contributed by atoms with E-state index in [9.17, 15) is 13.2 Å². The summed E-state index contributed by atoms with van der Waals surface area (Å²) >= 11 is 0. The number of nitrogens with zero attached hydrogens (tertiary/aromatic N) is 3. The number of carbonyl (C=O) groups excluding carboxylic acids is 1. The molecule has 1 aromatic carbocycles. The summed E-state index contributed by atoms with van der Waals surface area (Å²) in [7, 11) is -3.13. The van der Waals surface area contributed by atoms with Crippen molar-refractivity contribution in [3.8, 4) is 0 Å². The molecule has 1 aromatic heterocycles. The summed E-state index contributed by atoms with van der Waals surface area (Å²) in [5, 5.41) is 4.44. The quantitative estimate of drug-likeness (QED) is 0.641. The maximum Gasteiger partial charge on any atom is 0.224 e. The van der Waals surface area contributed by atoms with Gasteiger partial charge in [0.1, 0.15) is 0 Å². The standard InChI is InChI=1S/C23H34N4O3S/c1-18-16-19(2)27(25-18)15-11-23(28)26-13-9-22(10-14-26)17-21-6-4-20(5-7-21)8-12-24-31(3,29)30/h4-7,16,22,24H,8-15,17H2,1-3H3. The predicted molar refractivity (Wildman–Crippen MR) is 122 cm³/mol. The van der Waals surface area contributed by atoms with E-state index < -0.39 is 10.0 Å². The lowest BCUT2D eigenvalue weighted by molar-refractivity contribution is -0.132. The van der Waals surface area contributed by atoms with Crippen LogP contribution < -0.4 is 4.72 Å². The molecule has 1 saturated heterocycles. The van der Waals surface area contributed by atoms with Gasteiger partial charge in [-0.15, -0.1) is 0 Å². The zero-order chi connectivity index (χ0) is 22.4. The number of hydrogen-bond acceptors (Lipinski definition) is 4. The first-order chi connectivity index (χ1) is 14.7. The largest absolute Gasteiger partial charge is 0.343 e. The van der Waals surface area contributed by atoms with Crippen molar-refractivity contribution in [2.45, 2.75) is 52.5 Å². The predicted octanol–water partition coefficient (Wildman–Crippen LogP) is 2.46. The summed E-state index contributed by atoms with van der Waals surface area (Å²) in [6.07, 6.45) is 5.46. The van der Waals surface area contributed by atoms with Crippen molar-refractivity contribution in [1.29, 1.82) is 0 Å². The third-order valence-electron chi connectivity index (χ3n) is 5.93. The van der Waals surface area contributed by atoms with E-state index in [-0.39, 0.29) is 5.91 Å². The van der Waals surface area contributed by atoms with Crippen LogP contribution in [0.25, 0.3) is 0 Å². The first-order valence-electron chi connectivity index (χ1n) is 11.0. The lowest BCUT2D eigenvalue weighted by Crippen LogP contribution is -2.39. The fourth-order valence-corrected chi connectivity index (χ4v) is 4.68. The molecule has 170 valence electrons. The van der Waals surface area contributed by atoms with Gasteiger partial charge in [0.2, 0.25) is 15.9 Å². The van der Waals surface area contributed by atoms with Crippen molar-refractivity contribution in [2.75, 3.05) is 25.9 Å². The number of likely N-dealkylation sites (tertiary alicyclic amines) is 1. The molecule has 1 fully saturated rings. The van der Waals surface area contributed by atoms with Crippen LogP contribution in [0.5, 0.6) is 0 Å². The van der Waals surface area contributed by atoms with Crippen molar-refractivity contribution in [2.24, 2.45) is 5.92 Å². The molecule has 0 aliphatic carbocycles. The minimum absolute atomic E-state index is 0.220. The first-order valence-corrected chi connectivity index (χ1v) is 12.9. The Morgan fingerprint density at radius 1 is 1.13 bits per heavy atom. The molecule has 1 aliphatic rings. The molecule has 0 atom stereocenters. The molecule has 2 heterocycles. The normalized spacial score (nSPS) is 15.4. The topological polar surface area (TPSA) is 84.3 Å². The summed E-state index contributed by atoms with van der Waals surface area (Å²) in [6, 6.07) is 10.5. The fourth-order valence-electron chi connectivity index (χ4n) is 4.20. The molecule has 0 bridgehead atoms. The van der Waals surface area contributed by atoms with Crippen LogP contribution in [0.1, 0.15) is 41.8 Å². The molecule has 7 nitrogen and oxygen atoms in total. The van der Waals surface area contributed by atoms with Gasteiger partial charge in [-0.25, -0.2) is 13.1 Å². The van der Waals surface area contributed by atoms with Gasteiger partial charge >= 0.3 is 0 Å². The van der Waals surface area contributed by atoms with Crippen LogP contribution >= 0.6 is 0 Å². The Labute approximate surface area is 185 Å². The SMILES string of the molecule is Cc1cc(C)n(CCC(=O)N2CCC(Cc3ccc(CCNS(C)(=O)=O)cc3)CC2)n1. The Hall–Kier alpha value is -2.19. The Kier molecular flexibility index (Phi) is 7.89. The second-order valence-electron chi connectivity index (χ2n) is 8.66. The molecule has 0 saturated carbocycles. The maximum atomic E-state index is 12.6. The lowest BCUT2D eigenvalue weighted by Gasteiger charge is -2.32. The van der Waals surface area contributed by atoms with Crippen LogP contribution in [0.4, 0.5) is 0 Å². The molecule has 3 rings (SSSR count). The monoisotopic (exact) mass is 446 g/mol. The number of nitrogens with one attached hydrogen (secondary N) is 1. The number of hydrogen-bond donors (Lipinski definition) is 1. The summed E-state index contributed by atoms with van der Waals surface area (Å²) in [5.41, 5.74) is 4.52. The number of sulfonamides is 1. The summed E-state index contributed by atoms with van der Waals surface area (Å²) in [6.45, 7) is 6.72. The second kappa shape index (κ2) is 10.4. The van der Waals surface area contributed by atoms with E-state index in [1.807, 2.05) is 29.5 Å². The molecule has 31 heavy (non-hydrogen) atoms. The summed E-state index contributed by atoms with van der Waals surface area (Å²) in [5.74, 6) is 0.816. The van der Waals surface area contributed by atoms with Crippen LogP contribution in [-0.2, 0) is 34.2 Å². The zero-order valence-electron chi connectivity index (χ0n) is 18.8. The van der Waals surface area contributed by atoms with Gasteiger partial charge in [-0.3, -0.25) is 9.48 Å². The van der Waals surface area contributed by atoms with Crippen molar-refractivity contribution in [1.82, 2.24) is 19.4 Å². The zero-order valence-corrected chi connectivity index (χ0v) is 19.6.